The molecule has 2 unspecified atom stereocenters. The molecule has 1 aromatic carbocycles. The van der Waals surface area contributed by atoms with Crippen LogP contribution < -0.4 is 0 Å². The SMILES string of the molecule is CC1OC(CO)[C@@H](c2c(Cl)cccc2Cl)O1. The number of benzene rings is 1. The van der Waals surface area contributed by atoms with Gasteiger partial charge in [0.2, 0.25) is 0 Å². The van der Waals surface area contributed by atoms with Gasteiger partial charge in [-0.25, -0.2) is 0 Å². The molecule has 3 atom stereocenters. The first-order valence-electron chi connectivity index (χ1n) is 4.99. The van der Waals surface area contributed by atoms with Crippen LogP contribution in [-0.2, 0) is 9.47 Å². The lowest BCUT2D eigenvalue weighted by Crippen LogP contribution is -2.20. The largest absolute Gasteiger partial charge is 0.394 e. The van der Waals surface area contributed by atoms with E-state index in [4.69, 9.17) is 32.7 Å². The molecule has 1 aliphatic heterocycles. The van der Waals surface area contributed by atoms with Crippen LogP contribution in [0.25, 0.3) is 0 Å². The van der Waals surface area contributed by atoms with Gasteiger partial charge in [-0.1, -0.05) is 29.3 Å². The third-order valence-corrected chi connectivity index (χ3v) is 3.17. The highest BCUT2D eigenvalue weighted by Gasteiger charge is 2.36. The second kappa shape index (κ2) is 4.90. The quantitative estimate of drug-likeness (QED) is 0.891. The van der Waals surface area contributed by atoms with Crippen LogP contribution in [0.3, 0.4) is 0 Å². The minimum absolute atomic E-state index is 0.128. The maximum Gasteiger partial charge on any atom is 0.156 e. The van der Waals surface area contributed by atoms with Gasteiger partial charge < -0.3 is 14.6 Å². The van der Waals surface area contributed by atoms with Crippen LogP contribution in [0.15, 0.2) is 18.2 Å². The smallest absolute Gasteiger partial charge is 0.156 e. The second-order valence-corrected chi connectivity index (χ2v) is 4.43. The lowest BCUT2D eigenvalue weighted by atomic mass is 10.0. The summed E-state index contributed by atoms with van der Waals surface area (Å²) in [5, 5.41) is 10.2. The fourth-order valence-electron chi connectivity index (χ4n) is 1.82. The molecule has 88 valence electrons. The van der Waals surface area contributed by atoms with Gasteiger partial charge >= 0.3 is 0 Å². The Bertz CT molecular complexity index is 363. The lowest BCUT2D eigenvalue weighted by molar-refractivity contribution is -0.0563. The van der Waals surface area contributed by atoms with E-state index in [1.807, 2.05) is 0 Å². The fraction of sp³-hybridized carbons (Fsp3) is 0.455. The number of ether oxygens (including phenoxy) is 2. The molecule has 0 radical (unpaired) electrons. The molecule has 16 heavy (non-hydrogen) atoms. The minimum Gasteiger partial charge on any atom is -0.394 e. The molecule has 0 saturated carbocycles. The van der Waals surface area contributed by atoms with E-state index in [0.717, 1.165) is 0 Å². The molecule has 0 amide bonds. The van der Waals surface area contributed by atoms with E-state index in [1.165, 1.54) is 0 Å². The summed E-state index contributed by atoms with van der Waals surface area (Å²) in [6.07, 6.45) is -1.21. The highest BCUT2D eigenvalue weighted by atomic mass is 35.5. The Morgan fingerprint density at radius 2 is 1.88 bits per heavy atom. The average molecular weight is 263 g/mol. The third kappa shape index (κ3) is 2.19. The molecule has 1 aromatic rings. The average Bonchev–Trinajstić information content (AvgIpc) is 2.59. The summed E-state index contributed by atoms with van der Waals surface area (Å²) < 4.78 is 11.0. The van der Waals surface area contributed by atoms with Crippen molar-refractivity contribution in [3.8, 4) is 0 Å². The van der Waals surface area contributed by atoms with Crippen molar-refractivity contribution in [3.05, 3.63) is 33.8 Å². The monoisotopic (exact) mass is 262 g/mol. The zero-order valence-electron chi connectivity index (χ0n) is 8.69. The Morgan fingerprint density at radius 3 is 2.44 bits per heavy atom. The Kier molecular flexibility index (Phi) is 3.72. The maximum atomic E-state index is 9.21. The molecule has 1 N–H and O–H groups in total. The van der Waals surface area contributed by atoms with Gasteiger partial charge in [0.15, 0.2) is 6.29 Å². The zero-order chi connectivity index (χ0) is 11.7. The van der Waals surface area contributed by atoms with E-state index in [0.29, 0.717) is 15.6 Å². The van der Waals surface area contributed by atoms with Crippen LogP contribution in [0.5, 0.6) is 0 Å². The van der Waals surface area contributed by atoms with Gasteiger partial charge in [0.1, 0.15) is 12.2 Å². The van der Waals surface area contributed by atoms with Crippen molar-refractivity contribution in [2.75, 3.05) is 6.61 Å². The van der Waals surface area contributed by atoms with E-state index in [1.54, 1.807) is 25.1 Å². The van der Waals surface area contributed by atoms with Crippen LogP contribution >= 0.6 is 23.2 Å². The van der Waals surface area contributed by atoms with E-state index in [9.17, 15) is 5.11 Å². The summed E-state index contributed by atoms with van der Waals surface area (Å²) >= 11 is 12.2. The van der Waals surface area contributed by atoms with Crippen LogP contribution in [0.2, 0.25) is 10.0 Å². The molecule has 2 rings (SSSR count). The summed E-state index contributed by atoms with van der Waals surface area (Å²) in [5.74, 6) is 0. The first kappa shape index (κ1) is 12.1. The minimum atomic E-state index is -0.424. The van der Waals surface area contributed by atoms with E-state index < -0.39 is 12.2 Å². The fourth-order valence-corrected chi connectivity index (χ4v) is 2.43. The first-order valence-corrected chi connectivity index (χ1v) is 5.74. The number of aliphatic hydroxyl groups excluding tert-OH is 1. The van der Waals surface area contributed by atoms with Crippen molar-refractivity contribution in [3.63, 3.8) is 0 Å². The number of aliphatic hydroxyl groups is 1. The number of rotatable bonds is 2. The molecule has 1 aliphatic rings. The predicted molar refractivity (Wildman–Crippen MR) is 61.7 cm³/mol. The number of hydrogen-bond acceptors (Lipinski definition) is 3. The Morgan fingerprint density at radius 1 is 1.25 bits per heavy atom. The van der Waals surface area contributed by atoms with Gasteiger partial charge in [-0.2, -0.15) is 0 Å². The molecule has 1 heterocycles. The standard InChI is InChI=1S/C11H12Cl2O3/c1-6-15-9(5-14)11(16-6)10-7(12)3-2-4-8(10)13/h2-4,6,9,11,14H,5H2,1H3/t6?,9?,11-/m0/s1. The van der Waals surface area contributed by atoms with Crippen LogP contribution in [0.1, 0.15) is 18.6 Å². The summed E-state index contributed by atoms with van der Waals surface area (Å²) in [6, 6.07) is 5.24. The first-order chi connectivity index (χ1) is 7.63. The summed E-state index contributed by atoms with van der Waals surface area (Å²) in [7, 11) is 0. The maximum absolute atomic E-state index is 9.21. The summed E-state index contributed by atoms with van der Waals surface area (Å²) in [6.45, 7) is 1.64. The zero-order valence-corrected chi connectivity index (χ0v) is 10.2. The van der Waals surface area contributed by atoms with Crippen LogP contribution in [0.4, 0.5) is 0 Å². The normalized spacial score (nSPS) is 29.6. The summed E-state index contributed by atoms with van der Waals surface area (Å²) in [5.41, 5.74) is 0.675. The second-order valence-electron chi connectivity index (χ2n) is 3.62. The van der Waals surface area contributed by atoms with Gasteiger partial charge in [-0.15, -0.1) is 0 Å². The number of hydrogen-bond donors (Lipinski definition) is 1. The van der Waals surface area contributed by atoms with Crippen molar-refractivity contribution in [1.29, 1.82) is 0 Å². The topological polar surface area (TPSA) is 38.7 Å². The molecule has 5 heteroatoms. The molecular weight excluding hydrogens is 251 g/mol. The molecule has 0 spiro atoms. The van der Waals surface area contributed by atoms with Crippen molar-refractivity contribution in [2.24, 2.45) is 0 Å². The van der Waals surface area contributed by atoms with Crippen molar-refractivity contribution < 1.29 is 14.6 Å². The molecule has 3 nitrogen and oxygen atoms in total. The van der Waals surface area contributed by atoms with Gasteiger partial charge in [-0.3, -0.25) is 0 Å². The van der Waals surface area contributed by atoms with E-state index >= 15 is 0 Å². The Balaban J connectivity index is 2.36. The van der Waals surface area contributed by atoms with Gasteiger partial charge in [-0.05, 0) is 19.1 Å². The highest BCUT2D eigenvalue weighted by Crippen LogP contribution is 2.39. The highest BCUT2D eigenvalue weighted by molar-refractivity contribution is 6.36. The molecule has 1 saturated heterocycles. The molecule has 0 aromatic heterocycles. The summed E-state index contributed by atoms with van der Waals surface area (Å²) in [4.78, 5) is 0. The van der Waals surface area contributed by atoms with Gasteiger partial charge in [0.05, 0.1) is 6.61 Å². The Hall–Kier alpha value is -0.320. The van der Waals surface area contributed by atoms with Gasteiger partial charge in [0, 0.05) is 15.6 Å². The van der Waals surface area contributed by atoms with Crippen LogP contribution in [0, 0.1) is 0 Å². The number of halogens is 2. The van der Waals surface area contributed by atoms with E-state index in [-0.39, 0.29) is 12.9 Å². The molecule has 0 aliphatic carbocycles. The lowest BCUT2D eigenvalue weighted by Gasteiger charge is -2.17. The van der Waals surface area contributed by atoms with Crippen molar-refractivity contribution in [2.45, 2.75) is 25.4 Å². The van der Waals surface area contributed by atoms with E-state index in [2.05, 4.69) is 0 Å². The molecule has 1 fully saturated rings. The van der Waals surface area contributed by atoms with Crippen molar-refractivity contribution >= 4 is 23.2 Å². The predicted octanol–water partition coefficient (Wildman–Crippen LogP) is 2.79. The molecule has 0 bridgehead atoms. The molecular formula is C11H12Cl2O3. The van der Waals surface area contributed by atoms with Crippen LogP contribution in [-0.4, -0.2) is 24.1 Å². The third-order valence-electron chi connectivity index (χ3n) is 2.51. The Labute approximate surface area is 104 Å². The van der Waals surface area contributed by atoms with Crippen molar-refractivity contribution in [1.82, 2.24) is 0 Å². The van der Waals surface area contributed by atoms with Gasteiger partial charge in [0.25, 0.3) is 0 Å².